The smallest absolute Gasteiger partial charge is 0.0963 e. The zero-order valence-corrected chi connectivity index (χ0v) is 7.15. The van der Waals surface area contributed by atoms with Crippen LogP contribution in [0.15, 0.2) is 0 Å². The van der Waals surface area contributed by atoms with Crippen molar-refractivity contribution in [3.63, 3.8) is 0 Å². The van der Waals surface area contributed by atoms with Gasteiger partial charge in [0, 0.05) is 12.0 Å². The summed E-state index contributed by atoms with van der Waals surface area (Å²) in [6, 6.07) is 0. The third-order valence-corrected chi connectivity index (χ3v) is 2.76. The van der Waals surface area contributed by atoms with Crippen LogP contribution in [0.4, 0.5) is 4.39 Å². The summed E-state index contributed by atoms with van der Waals surface area (Å²) < 4.78 is 12.6. The Kier molecular flexibility index (Phi) is 2.84. The molecule has 1 rings (SSSR count). The van der Waals surface area contributed by atoms with Crippen LogP contribution in [-0.2, 0) is 0 Å². The summed E-state index contributed by atoms with van der Waals surface area (Å²) >= 11 is 0. The van der Waals surface area contributed by atoms with Gasteiger partial charge in [-0.2, -0.15) is 0 Å². The lowest BCUT2D eigenvalue weighted by Gasteiger charge is -2.37. The van der Waals surface area contributed by atoms with E-state index in [2.05, 4.69) is 11.9 Å². The van der Waals surface area contributed by atoms with Crippen LogP contribution in [0.3, 0.4) is 0 Å². The molecule has 1 aliphatic heterocycles. The summed E-state index contributed by atoms with van der Waals surface area (Å²) in [5, 5.41) is 0. The summed E-state index contributed by atoms with van der Waals surface area (Å²) in [7, 11) is 2.07. The van der Waals surface area contributed by atoms with E-state index in [1.807, 2.05) is 0 Å². The lowest BCUT2D eigenvalue weighted by molar-refractivity contribution is 0.0991. The Balaban J connectivity index is 2.45. The normalized spacial score (nSPS) is 25.4. The summed E-state index contributed by atoms with van der Waals surface area (Å²) in [6.07, 6.45) is 1.83. The third-order valence-electron chi connectivity index (χ3n) is 2.76. The predicted molar refractivity (Wildman–Crippen MR) is 44.2 cm³/mol. The van der Waals surface area contributed by atoms with Gasteiger partial charge in [-0.3, -0.25) is 4.39 Å². The SMILES string of the molecule is CN1CCC(CN)(CF)CC1. The molecule has 66 valence electrons. The zero-order chi connectivity index (χ0) is 8.32. The summed E-state index contributed by atoms with van der Waals surface area (Å²) in [5.74, 6) is 0. The largest absolute Gasteiger partial charge is 0.330 e. The van der Waals surface area contributed by atoms with Gasteiger partial charge < -0.3 is 10.6 Å². The van der Waals surface area contributed by atoms with E-state index in [0.29, 0.717) is 6.54 Å². The van der Waals surface area contributed by atoms with Crippen LogP contribution in [0, 0.1) is 5.41 Å². The predicted octanol–water partition coefficient (Wildman–Crippen LogP) is 0.627. The van der Waals surface area contributed by atoms with E-state index >= 15 is 0 Å². The number of nitrogens with zero attached hydrogens (tertiary/aromatic N) is 1. The minimum absolute atomic E-state index is 0.188. The van der Waals surface area contributed by atoms with Gasteiger partial charge in [-0.1, -0.05) is 0 Å². The van der Waals surface area contributed by atoms with Crippen molar-refractivity contribution in [3.05, 3.63) is 0 Å². The zero-order valence-electron chi connectivity index (χ0n) is 7.15. The minimum atomic E-state index is -0.253. The van der Waals surface area contributed by atoms with Crippen LogP contribution in [0.25, 0.3) is 0 Å². The third kappa shape index (κ3) is 1.91. The number of alkyl halides is 1. The molecule has 0 spiro atoms. The molecule has 0 radical (unpaired) electrons. The first-order valence-electron chi connectivity index (χ1n) is 4.17. The number of hydrogen-bond donors (Lipinski definition) is 1. The first kappa shape index (κ1) is 8.94. The van der Waals surface area contributed by atoms with Crippen molar-refractivity contribution in [3.8, 4) is 0 Å². The van der Waals surface area contributed by atoms with Crippen molar-refractivity contribution in [2.45, 2.75) is 12.8 Å². The van der Waals surface area contributed by atoms with Crippen molar-refractivity contribution in [2.24, 2.45) is 11.1 Å². The first-order chi connectivity index (χ1) is 5.22. The van der Waals surface area contributed by atoms with Crippen LogP contribution in [-0.4, -0.2) is 38.3 Å². The Morgan fingerprint density at radius 1 is 1.45 bits per heavy atom. The quantitative estimate of drug-likeness (QED) is 0.642. The maximum atomic E-state index is 12.6. The van der Waals surface area contributed by atoms with Crippen molar-refractivity contribution in [2.75, 3.05) is 33.4 Å². The Morgan fingerprint density at radius 3 is 2.36 bits per heavy atom. The molecule has 2 nitrogen and oxygen atoms in total. The fourth-order valence-corrected chi connectivity index (χ4v) is 1.49. The highest BCUT2D eigenvalue weighted by atomic mass is 19.1. The molecule has 11 heavy (non-hydrogen) atoms. The Labute approximate surface area is 67.6 Å². The Morgan fingerprint density at radius 2 is 2.00 bits per heavy atom. The number of piperidine rings is 1. The van der Waals surface area contributed by atoms with Gasteiger partial charge in [0.15, 0.2) is 0 Å². The number of nitrogens with two attached hydrogens (primary N) is 1. The lowest BCUT2D eigenvalue weighted by Crippen LogP contribution is -2.43. The van der Waals surface area contributed by atoms with Gasteiger partial charge in [0.25, 0.3) is 0 Å². The molecule has 2 N–H and O–H groups in total. The second-order valence-electron chi connectivity index (χ2n) is 3.64. The molecular weight excluding hydrogens is 143 g/mol. The molecular formula is C8H17FN2. The number of halogens is 1. The molecule has 1 saturated heterocycles. The van der Waals surface area contributed by atoms with E-state index in [1.165, 1.54) is 0 Å². The number of rotatable bonds is 2. The molecule has 0 atom stereocenters. The molecule has 0 aromatic carbocycles. The van der Waals surface area contributed by atoms with Gasteiger partial charge in [-0.25, -0.2) is 0 Å². The Bertz CT molecular complexity index is 113. The summed E-state index contributed by atoms with van der Waals surface area (Å²) in [4.78, 5) is 2.23. The molecule has 0 aromatic rings. The average molecular weight is 160 g/mol. The van der Waals surface area contributed by atoms with Gasteiger partial charge in [0.1, 0.15) is 0 Å². The fraction of sp³-hybridized carbons (Fsp3) is 1.00. The van der Waals surface area contributed by atoms with Crippen LogP contribution in [0.2, 0.25) is 0 Å². The molecule has 0 aliphatic carbocycles. The van der Waals surface area contributed by atoms with Gasteiger partial charge in [0.05, 0.1) is 6.67 Å². The highest BCUT2D eigenvalue weighted by molar-refractivity contribution is 4.85. The van der Waals surface area contributed by atoms with Crippen LogP contribution < -0.4 is 5.73 Å². The number of likely N-dealkylation sites (tertiary alicyclic amines) is 1. The molecule has 1 aliphatic rings. The molecule has 3 heteroatoms. The molecule has 0 unspecified atom stereocenters. The molecule has 0 aromatic heterocycles. The Hall–Kier alpha value is -0.150. The van der Waals surface area contributed by atoms with Crippen molar-refractivity contribution < 1.29 is 4.39 Å². The monoisotopic (exact) mass is 160 g/mol. The van der Waals surface area contributed by atoms with Crippen LogP contribution >= 0.6 is 0 Å². The van der Waals surface area contributed by atoms with E-state index in [-0.39, 0.29) is 12.1 Å². The van der Waals surface area contributed by atoms with Crippen LogP contribution in [0.5, 0.6) is 0 Å². The molecule has 0 saturated carbocycles. The maximum Gasteiger partial charge on any atom is 0.0963 e. The van der Waals surface area contributed by atoms with E-state index in [9.17, 15) is 4.39 Å². The highest BCUT2D eigenvalue weighted by Crippen LogP contribution is 2.29. The maximum absolute atomic E-state index is 12.6. The van der Waals surface area contributed by atoms with Gasteiger partial charge in [-0.15, -0.1) is 0 Å². The highest BCUT2D eigenvalue weighted by Gasteiger charge is 2.32. The van der Waals surface area contributed by atoms with Gasteiger partial charge in [-0.05, 0) is 33.0 Å². The second kappa shape index (κ2) is 3.50. The van der Waals surface area contributed by atoms with E-state index in [1.54, 1.807) is 0 Å². The summed E-state index contributed by atoms with van der Waals surface area (Å²) in [5.41, 5.74) is 5.35. The van der Waals surface area contributed by atoms with Crippen molar-refractivity contribution in [1.82, 2.24) is 4.90 Å². The van der Waals surface area contributed by atoms with E-state index < -0.39 is 0 Å². The fourth-order valence-electron chi connectivity index (χ4n) is 1.49. The lowest BCUT2D eigenvalue weighted by atomic mass is 9.80. The minimum Gasteiger partial charge on any atom is -0.330 e. The van der Waals surface area contributed by atoms with Crippen molar-refractivity contribution in [1.29, 1.82) is 0 Å². The van der Waals surface area contributed by atoms with Crippen molar-refractivity contribution >= 4 is 0 Å². The standard InChI is InChI=1S/C8H17FN2/c1-11-4-2-8(6-9,7-10)3-5-11/h2-7,10H2,1H3. The average Bonchev–Trinajstić information content (AvgIpc) is 2.07. The molecule has 1 heterocycles. The van der Waals surface area contributed by atoms with Gasteiger partial charge in [0.2, 0.25) is 0 Å². The van der Waals surface area contributed by atoms with Crippen LogP contribution in [0.1, 0.15) is 12.8 Å². The van der Waals surface area contributed by atoms with Gasteiger partial charge >= 0.3 is 0 Å². The number of hydrogen-bond acceptors (Lipinski definition) is 2. The second-order valence-corrected chi connectivity index (χ2v) is 3.64. The summed E-state index contributed by atoms with van der Waals surface area (Å²) in [6.45, 7) is 2.22. The molecule has 0 bridgehead atoms. The molecule has 0 amide bonds. The van der Waals surface area contributed by atoms with E-state index in [4.69, 9.17) is 5.73 Å². The first-order valence-corrected chi connectivity index (χ1v) is 4.17. The molecule has 1 fully saturated rings. The topological polar surface area (TPSA) is 29.3 Å². The van der Waals surface area contributed by atoms with E-state index in [0.717, 1.165) is 25.9 Å².